The van der Waals surface area contributed by atoms with E-state index < -0.39 is 0 Å². The molecule has 0 bridgehead atoms. The molecule has 114 valence electrons. The van der Waals surface area contributed by atoms with E-state index in [1.807, 2.05) is 24.3 Å². The van der Waals surface area contributed by atoms with Crippen molar-refractivity contribution >= 4 is 35.3 Å². The molecule has 2 aromatic rings. The smallest absolute Gasteiger partial charge is 0.224 e. The predicted octanol–water partition coefficient (Wildman–Crippen LogP) is 3.29. The molecule has 0 spiro atoms. The first-order valence-electron chi connectivity index (χ1n) is 6.77. The number of hydrogen-bond donors (Lipinski definition) is 2. The van der Waals surface area contributed by atoms with Crippen molar-refractivity contribution in [2.24, 2.45) is 5.92 Å². The van der Waals surface area contributed by atoms with Gasteiger partial charge in [0.15, 0.2) is 0 Å². The van der Waals surface area contributed by atoms with Gasteiger partial charge in [-0.1, -0.05) is 25.1 Å². The van der Waals surface area contributed by atoms with Crippen LogP contribution in [0.3, 0.4) is 0 Å². The second-order valence-electron chi connectivity index (χ2n) is 5.11. The molecule has 1 amide bonds. The van der Waals surface area contributed by atoms with Crippen molar-refractivity contribution in [3.05, 3.63) is 52.2 Å². The fraction of sp³-hybridized carbons (Fsp3) is 0.312. The number of nitrogen functional groups attached to an aromatic ring is 1. The average Bonchev–Trinajstić information content (AvgIpc) is 2.92. The molecule has 1 atom stereocenters. The Hall–Kier alpha value is -1.52. The van der Waals surface area contributed by atoms with Gasteiger partial charge in [0, 0.05) is 17.1 Å². The number of rotatable bonds is 6. The Bertz CT molecular complexity index is 540. The second-order valence-corrected chi connectivity index (χ2v) is 6.14. The van der Waals surface area contributed by atoms with E-state index in [1.165, 1.54) is 4.88 Å². The Kier molecular flexibility index (Phi) is 7.26. The van der Waals surface area contributed by atoms with Gasteiger partial charge in [0.05, 0.1) is 6.42 Å². The van der Waals surface area contributed by atoms with Gasteiger partial charge in [0.1, 0.15) is 0 Å². The van der Waals surface area contributed by atoms with Crippen molar-refractivity contribution in [2.45, 2.75) is 19.8 Å². The minimum Gasteiger partial charge on any atom is -0.399 e. The highest BCUT2D eigenvalue weighted by Gasteiger charge is 2.08. The van der Waals surface area contributed by atoms with Crippen LogP contribution in [0.1, 0.15) is 17.4 Å². The maximum atomic E-state index is 11.9. The third-order valence-corrected chi connectivity index (χ3v) is 4.02. The molecule has 1 unspecified atom stereocenters. The molecule has 2 rings (SSSR count). The summed E-state index contributed by atoms with van der Waals surface area (Å²) in [6, 6.07) is 11.6. The molecule has 0 saturated carbocycles. The van der Waals surface area contributed by atoms with Crippen LogP contribution in [-0.4, -0.2) is 12.5 Å². The Labute approximate surface area is 136 Å². The van der Waals surface area contributed by atoms with E-state index in [9.17, 15) is 4.79 Å². The highest BCUT2D eigenvalue weighted by atomic mass is 35.5. The lowest BCUT2D eigenvalue weighted by Crippen LogP contribution is -2.30. The van der Waals surface area contributed by atoms with Gasteiger partial charge in [-0.2, -0.15) is 0 Å². The van der Waals surface area contributed by atoms with E-state index >= 15 is 0 Å². The van der Waals surface area contributed by atoms with Crippen LogP contribution < -0.4 is 11.1 Å². The molecular weight excluding hydrogens is 304 g/mol. The molecular formula is C16H21ClN2OS. The number of thiophene rings is 1. The summed E-state index contributed by atoms with van der Waals surface area (Å²) in [6.07, 6.45) is 1.42. The van der Waals surface area contributed by atoms with E-state index in [0.29, 0.717) is 18.9 Å². The maximum absolute atomic E-state index is 11.9. The highest BCUT2D eigenvalue weighted by molar-refractivity contribution is 7.09. The lowest BCUT2D eigenvalue weighted by molar-refractivity contribution is -0.120. The Balaban J connectivity index is 0.00000220. The van der Waals surface area contributed by atoms with Crippen LogP contribution in [-0.2, 0) is 17.6 Å². The molecule has 5 heteroatoms. The minimum atomic E-state index is 0. The monoisotopic (exact) mass is 324 g/mol. The molecule has 3 N–H and O–H groups in total. The van der Waals surface area contributed by atoms with E-state index in [0.717, 1.165) is 17.7 Å². The summed E-state index contributed by atoms with van der Waals surface area (Å²) in [5, 5.41) is 5.08. The highest BCUT2D eigenvalue weighted by Crippen LogP contribution is 2.13. The summed E-state index contributed by atoms with van der Waals surface area (Å²) in [5.41, 5.74) is 7.33. The Morgan fingerprint density at radius 1 is 1.29 bits per heavy atom. The first kappa shape index (κ1) is 17.5. The van der Waals surface area contributed by atoms with Crippen molar-refractivity contribution in [1.29, 1.82) is 0 Å². The second kappa shape index (κ2) is 8.70. The van der Waals surface area contributed by atoms with Crippen LogP contribution in [0.2, 0.25) is 0 Å². The minimum absolute atomic E-state index is 0. The lowest BCUT2D eigenvalue weighted by Gasteiger charge is -2.11. The number of halogens is 1. The molecule has 1 heterocycles. The number of nitrogens with one attached hydrogen (secondary N) is 1. The summed E-state index contributed by atoms with van der Waals surface area (Å²) in [7, 11) is 0. The quantitative estimate of drug-likeness (QED) is 0.801. The van der Waals surface area contributed by atoms with Crippen molar-refractivity contribution in [2.75, 3.05) is 12.3 Å². The van der Waals surface area contributed by atoms with E-state index in [4.69, 9.17) is 5.73 Å². The van der Waals surface area contributed by atoms with Crippen molar-refractivity contribution in [1.82, 2.24) is 5.32 Å². The summed E-state index contributed by atoms with van der Waals surface area (Å²) in [4.78, 5) is 13.2. The normalized spacial score (nSPS) is 11.5. The molecule has 1 aromatic carbocycles. The van der Waals surface area contributed by atoms with Crippen molar-refractivity contribution < 1.29 is 4.79 Å². The fourth-order valence-electron chi connectivity index (χ4n) is 2.02. The molecule has 3 nitrogen and oxygen atoms in total. The first-order valence-corrected chi connectivity index (χ1v) is 7.65. The van der Waals surface area contributed by atoms with Crippen LogP contribution in [0.15, 0.2) is 41.8 Å². The summed E-state index contributed by atoms with van der Waals surface area (Å²) in [5.74, 6) is 0.511. The van der Waals surface area contributed by atoms with Gasteiger partial charge >= 0.3 is 0 Å². The van der Waals surface area contributed by atoms with Crippen LogP contribution in [0.4, 0.5) is 5.69 Å². The predicted molar refractivity (Wildman–Crippen MR) is 92.0 cm³/mol. The molecule has 0 fully saturated rings. The SMILES string of the molecule is CC(CNC(=O)Cc1ccc(N)cc1)Cc1cccs1.Cl. The first-order chi connectivity index (χ1) is 9.63. The zero-order valence-corrected chi connectivity index (χ0v) is 13.7. The topological polar surface area (TPSA) is 55.1 Å². The zero-order valence-electron chi connectivity index (χ0n) is 12.0. The molecule has 0 aliphatic carbocycles. The molecule has 0 aliphatic rings. The number of benzene rings is 1. The van der Waals surface area contributed by atoms with Gasteiger partial charge in [-0.05, 0) is 41.5 Å². The lowest BCUT2D eigenvalue weighted by atomic mass is 10.1. The van der Waals surface area contributed by atoms with E-state index in [2.05, 4.69) is 29.8 Å². The fourth-order valence-corrected chi connectivity index (χ4v) is 2.89. The number of amides is 1. The third-order valence-electron chi connectivity index (χ3n) is 3.12. The summed E-state index contributed by atoms with van der Waals surface area (Å²) < 4.78 is 0. The standard InChI is InChI=1S/C16H20N2OS.ClH/c1-12(9-15-3-2-8-20-15)11-18-16(19)10-13-4-6-14(17)7-5-13;/h2-8,12H,9-11,17H2,1H3,(H,18,19);1H. The Morgan fingerprint density at radius 3 is 2.62 bits per heavy atom. The number of hydrogen-bond acceptors (Lipinski definition) is 3. The van der Waals surface area contributed by atoms with E-state index in [-0.39, 0.29) is 18.3 Å². The van der Waals surface area contributed by atoms with Gasteiger partial charge < -0.3 is 11.1 Å². The Morgan fingerprint density at radius 2 is 2.00 bits per heavy atom. The third kappa shape index (κ3) is 6.19. The van der Waals surface area contributed by atoms with Crippen molar-refractivity contribution in [3.8, 4) is 0 Å². The van der Waals surface area contributed by atoms with Gasteiger partial charge in [0.2, 0.25) is 5.91 Å². The van der Waals surface area contributed by atoms with Crippen LogP contribution in [0.25, 0.3) is 0 Å². The molecule has 1 aromatic heterocycles. The average molecular weight is 325 g/mol. The summed E-state index contributed by atoms with van der Waals surface area (Å²) in [6.45, 7) is 2.87. The molecule has 0 saturated heterocycles. The van der Waals surface area contributed by atoms with Gasteiger partial charge in [-0.15, -0.1) is 23.7 Å². The molecule has 0 radical (unpaired) electrons. The van der Waals surface area contributed by atoms with Gasteiger partial charge in [0.25, 0.3) is 0 Å². The van der Waals surface area contributed by atoms with Gasteiger partial charge in [-0.3, -0.25) is 4.79 Å². The maximum Gasteiger partial charge on any atom is 0.224 e. The van der Waals surface area contributed by atoms with Crippen molar-refractivity contribution in [3.63, 3.8) is 0 Å². The number of carbonyl (C=O) groups excluding carboxylic acids is 1. The zero-order chi connectivity index (χ0) is 14.4. The largest absolute Gasteiger partial charge is 0.399 e. The van der Waals surface area contributed by atoms with Crippen LogP contribution >= 0.6 is 23.7 Å². The van der Waals surface area contributed by atoms with E-state index in [1.54, 1.807) is 11.3 Å². The molecule has 0 aliphatic heterocycles. The van der Waals surface area contributed by atoms with Gasteiger partial charge in [-0.25, -0.2) is 0 Å². The molecule has 21 heavy (non-hydrogen) atoms. The van der Waals surface area contributed by atoms with Crippen LogP contribution in [0, 0.1) is 5.92 Å². The van der Waals surface area contributed by atoms with Crippen LogP contribution in [0.5, 0.6) is 0 Å². The number of carbonyl (C=O) groups is 1. The number of anilines is 1. The number of nitrogens with two attached hydrogens (primary N) is 1. The summed E-state index contributed by atoms with van der Waals surface area (Å²) >= 11 is 1.76.